The lowest BCUT2D eigenvalue weighted by atomic mass is 9.98. The van der Waals surface area contributed by atoms with Crippen molar-refractivity contribution in [2.75, 3.05) is 4.90 Å². The molecule has 0 radical (unpaired) electrons. The summed E-state index contributed by atoms with van der Waals surface area (Å²) in [6, 6.07) is 25.5. The summed E-state index contributed by atoms with van der Waals surface area (Å²) in [6.07, 6.45) is 0. The van der Waals surface area contributed by atoms with E-state index in [9.17, 15) is 9.59 Å². The second-order valence-corrected chi connectivity index (χ2v) is 6.49. The van der Waals surface area contributed by atoms with Crippen molar-refractivity contribution in [3.63, 3.8) is 0 Å². The first-order valence-corrected chi connectivity index (χ1v) is 8.75. The third kappa shape index (κ3) is 2.30. The molecule has 1 aliphatic heterocycles. The van der Waals surface area contributed by atoms with Crippen molar-refractivity contribution in [1.29, 1.82) is 0 Å². The Morgan fingerprint density at radius 2 is 1.37 bits per heavy atom. The van der Waals surface area contributed by atoms with Gasteiger partial charge in [0, 0.05) is 5.69 Å². The average molecular weight is 353 g/mol. The van der Waals surface area contributed by atoms with Crippen molar-refractivity contribution in [1.82, 2.24) is 0 Å². The fourth-order valence-corrected chi connectivity index (χ4v) is 3.73. The standard InChI is InChI=1S/C23H15NO3/c25-21-17-13-7-8-14-18(17)27-22-19(21)20(15-9-3-1-4-10-15)24(23(22)26)16-11-5-2-6-12-16/h1-14,20H. The van der Waals surface area contributed by atoms with E-state index in [2.05, 4.69) is 0 Å². The minimum absolute atomic E-state index is 0.122. The van der Waals surface area contributed by atoms with Crippen molar-refractivity contribution in [3.8, 4) is 0 Å². The van der Waals surface area contributed by atoms with Gasteiger partial charge in [0.2, 0.25) is 5.76 Å². The van der Waals surface area contributed by atoms with Gasteiger partial charge in [0.15, 0.2) is 5.43 Å². The number of carbonyl (C=O) groups is 1. The van der Waals surface area contributed by atoms with E-state index in [-0.39, 0.29) is 17.1 Å². The molecule has 4 aromatic rings. The van der Waals surface area contributed by atoms with Gasteiger partial charge >= 0.3 is 0 Å². The summed E-state index contributed by atoms with van der Waals surface area (Å²) in [5, 5.41) is 0.486. The zero-order valence-corrected chi connectivity index (χ0v) is 14.3. The first-order valence-electron chi connectivity index (χ1n) is 8.75. The number of para-hydroxylation sites is 2. The van der Waals surface area contributed by atoms with Gasteiger partial charge in [-0.3, -0.25) is 14.5 Å². The summed E-state index contributed by atoms with van der Waals surface area (Å²) < 4.78 is 5.91. The van der Waals surface area contributed by atoms with Gasteiger partial charge in [0.25, 0.3) is 5.91 Å². The maximum absolute atomic E-state index is 13.3. The average Bonchev–Trinajstić information content (AvgIpc) is 3.02. The number of amides is 1. The molecule has 1 amide bonds. The molecule has 1 atom stereocenters. The molecule has 1 unspecified atom stereocenters. The Morgan fingerprint density at radius 3 is 2.11 bits per heavy atom. The molecule has 0 spiro atoms. The molecule has 0 N–H and O–H groups in total. The molecule has 0 saturated carbocycles. The zero-order valence-electron chi connectivity index (χ0n) is 14.3. The molecule has 2 heterocycles. The van der Waals surface area contributed by atoms with Gasteiger partial charge in [0.1, 0.15) is 5.58 Å². The van der Waals surface area contributed by atoms with Gasteiger partial charge in [-0.15, -0.1) is 0 Å². The summed E-state index contributed by atoms with van der Waals surface area (Å²) in [7, 11) is 0. The third-order valence-corrected chi connectivity index (χ3v) is 4.93. The first kappa shape index (κ1) is 15.6. The van der Waals surface area contributed by atoms with E-state index < -0.39 is 6.04 Å². The van der Waals surface area contributed by atoms with Gasteiger partial charge in [-0.05, 0) is 29.8 Å². The molecule has 0 saturated heterocycles. The summed E-state index contributed by atoms with van der Waals surface area (Å²) in [4.78, 5) is 28.2. The largest absolute Gasteiger partial charge is 0.450 e. The van der Waals surface area contributed by atoms with Gasteiger partial charge in [-0.2, -0.15) is 0 Å². The Labute approximate surface area is 155 Å². The van der Waals surface area contributed by atoms with E-state index in [0.29, 0.717) is 16.5 Å². The first-order chi connectivity index (χ1) is 13.3. The number of rotatable bonds is 2. The summed E-state index contributed by atoms with van der Waals surface area (Å²) in [5.74, 6) is -0.177. The number of fused-ring (bicyclic) bond motifs is 2. The highest BCUT2D eigenvalue weighted by Gasteiger charge is 2.43. The van der Waals surface area contributed by atoms with Gasteiger partial charge in [-0.1, -0.05) is 60.7 Å². The van der Waals surface area contributed by atoms with Gasteiger partial charge in [0.05, 0.1) is 17.0 Å². The number of hydrogen-bond donors (Lipinski definition) is 0. The van der Waals surface area contributed by atoms with Crippen LogP contribution in [0.1, 0.15) is 27.7 Å². The third-order valence-electron chi connectivity index (χ3n) is 4.93. The lowest BCUT2D eigenvalue weighted by Gasteiger charge is -2.25. The molecule has 27 heavy (non-hydrogen) atoms. The zero-order chi connectivity index (χ0) is 18.4. The smallest absolute Gasteiger partial charge is 0.295 e. The number of nitrogens with zero attached hydrogens (tertiary/aromatic N) is 1. The predicted octanol–water partition coefficient (Wildman–Crippen LogP) is 4.54. The second kappa shape index (κ2) is 5.95. The monoisotopic (exact) mass is 353 g/mol. The number of hydrogen-bond acceptors (Lipinski definition) is 3. The van der Waals surface area contributed by atoms with E-state index in [0.717, 1.165) is 11.3 Å². The molecule has 1 aromatic heterocycles. The number of carbonyl (C=O) groups excluding carboxylic acids is 1. The fourth-order valence-electron chi connectivity index (χ4n) is 3.73. The quantitative estimate of drug-likeness (QED) is 0.531. The normalized spacial score (nSPS) is 15.9. The van der Waals surface area contributed by atoms with Crippen LogP contribution in [0.5, 0.6) is 0 Å². The molecular formula is C23H15NO3. The van der Waals surface area contributed by atoms with Crippen LogP contribution >= 0.6 is 0 Å². The van der Waals surface area contributed by atoms with E-state index >= 15 is 0 Å². The summed E-state index contributed by atoms with van der Waals surface area (Å²) >= 11 is 0. The Bertz CT molecular complexity index is 1210. The van der Waals surface area contributed by atoms with Crippen LogP contribution in [-0.2, 0) is 0 Å². The number of benzene rings is 3. The Balaban J connectivity index is 1.84. The minimum atomic E-state index is -0.517. The predicted molar refractivity (Wildman–Crippen MR) is 104 cm³/mol. The second-order valence-electron chi connectivity index (χ2n) is 6.49. The van der Waals surface area contributed by atoms with Crippen molar-refractivity contribution < 1.29 is 9.21 Å². The summed E-state index contributed by atoms with van der Waals surface area (Å²) in [6.45, 7) is 0. The molecule has 4 nitrogen and oxygen atoms in total. The topological polar surface area (TPSA) is 50.5 Å². The lowest BCUT2D eigenvalue weighted by Crippen LogP contribution is -2.29. The molecule has 0 bridgehead atoms. The van der Waals surface area contributed by atoms with Crippen molar-refractivity contribution in [2.45, 2.75) is 6.04 Å². The molecule has 4 heteroatoms. The van der Waals surface area contributed by atoms with E-state index in [4.69, 9.17) is 4.42 Å². The van der Waals surface area contributed by atoms with Crippen molar-refractivity contribution >= 4 is 22.6 Å². The maximum Gasteiger partial charge on any atom is 0.295 e. The van der Waals surface area contributed by atoms with Crippen LogP contribution in [0, 0.1) is 0 Å². The highest BCUT2D eigenvalue weighted by molar-refractivity contribution is 6.10. The lowest BCUT2D eigenvalue weighted by molar-refractivity contribution is 0.0971. The molecular weight excluding hydrogens is 338 g/mol. The molecule has 3 aromatic carbocycles. The van der Waals surface area contributed by atoms with Crippen LogP contribution in [-0.4, -0.2) is 5.91 Å². The van der Waals surface area contributed by atoms with Crippen LogP contribution in [0.3, 0.4) is 0 Å². The highest BCUT2D eigenvalue weighted by Crippen LogP contribution is 2.40. The van der Waals surface area contributed by atoms with Crippen molar-refractivity contribution in [2.24, 2.45) is 0 Å². The van der Waals surface area contributed by atoms with Gasteiger partial charge < -0.3 is 4.42 Å². The molecule has 0 aliphatic carbocycles. The molecule has 130 valence electrons. The maximum atomic E-state index is 13.3. The Kier molecular flexibility index (Phi) is 3.44. The van der Waals surface area contributed by atoms with Gasteiger partial charge in [-0.25, -0.2) is 0 Å². The van der Waals surface area contributed by atoms with Crippen LogP contribution in [0.15, 0.2) is 94.1 Å². The SMILES string of the molecule is O=C1c2oc3ccccc3c(=O)c2C(c2ccccc2)N1c1ccccc1. The minimum Gasteiger partial charge on any atom is -0.450 e. The van der Waals surface area contributed by atoms with E-state index in [1.54, 1.807) is 29.2 Å². The molecule has 0 fully saturated rings. The van der Waals surface area contributed by atoms with E-state index in [1.165, 1.54) is 0 Å². The Hall–Kier alpha value is -3.66. The van der Waals surface area contributed by atoms with Crippen LogP contribution < -0.4 is 10.3 Å². The fraction of sp³-hybridized carbons (Fsp3) is 0.0435. The van der Waals surface area contributed by atoms with E-state index in [1.807, 2.05) is 60.7 Å². The molecule has 5 rings (SSSR count). The van der Waals surface area contributed by atoms with Crippen LogP contribution in [0.4, 0.5) is 5.69 Å². The molecule has 1 aliphatic rings. The van der Waals surface area contributed by atoms with Crippen molar-refractivity contribution in [3.05, 3.63) is 112 Å². The van der Waals surface area contributed by atoms with Crippen LogP contribution in [0.2, 0.25) is 0 Å². The highest BCUT2D eigenvalue weighted by atomic mass is 16.3. The number of anilines is 1. The van der Waals surface area contributed by atoms with Crippen LogP contribution in [0.25, 0.3) is 11.0 Å². The Morgan fingerprint density at radius 1 is 0.741 bits per heavy atom. The summed E-state index contributed by atoms with van der Waals surface area (Å²) in [5.41, 5.74) is 2.26.